The molecule has 2 bridgehead atoms. The van der Waals surface area contributed by atoms with Crippen LogP contribution in [0.4, 0.5) is 15.8 Å². The van der Waals surface area contributed by atoms with Gasteiger partial charge in [-0.15, -0.1) is 4.40 Å². The van der Waals surface area contributed by atoms with Crippen LogP contribution in [0.3, 0.4) is 0 Å². The first-order valence-corrected chi connectivity index (χ1v) is 16.5. The van der Waals surface area contributed by atoms with Gasteiger partial charge in [0.15, 0.2) is 5.84 Å². The molecular formula is C27H27FN4O6S2. The van der Waals surface area contributed by atoms with Gasteiger partial charge < -0.3 is 15.3 Å². The van der Waals surface area contributed by atoms with E-state index in [9.17, 15) is 31.1 Å². The second-order valence-electron chi connectivity index (χ2n) is 11.4. The number of fused-ring (bicyclic) bond motifs is 2. The average molecular weight is 587 g/mol. The van der Waals surface area contributed by atoms with Gasteiger partial charge in [-0.05, 0) is 78.8 Å². The Kier molecular flexibility index (Phi) is 5.44. The highest BCUT2D eigenvalue weighted by Crippen LogP contribution is 2.67. The van der Waals surface area contributed by atoms with Crippen molar-refractivity contribution in [3.8, 4) is 0 Å². The van der Waals surface area contributed by atoms with Crippen molar-refractivity contribution < 1.29 is 31.1 Å². The van der Waals surface area contributed by atoms with Crippen molar-refractivity contribution in [1.29, 1.82) is 0 Å². The number of aliphatic hydroxyl groups excluding tert-OH is 1. The van der Waals surface area contributed by atoms with Crippen LogP contribution in [-0.4, -0.2) is 50.9 Å². The Morgan fingerprint density at radius 1 is 1.10 bits per heavy atom. The Bertz CT molecular complexity index is 1740. The Balaban J connectivity index is 1.31. The summed E-state index contributed by atoms with van der Waals surface area (Å²) in [4.78, 5) is 15.6. The number of hydrogen-bond donors (Lipinski definition) is 3. The van der Waals surface area contributed by atoms with Crippen LogP contribution in [0.2, 0.25) is 0 Å². The molecule has 2 heterocycles. The van der Waals surface area contributed by atoms with Gasteiger partial charge in [0, 0.05) is 24.2 Å². The van der Waals surface area contributed by atoms with Gasteiger partial charge in [0.25, 0.3) is 15.9 Å². The zero-order valence-corrected chi connectivity index (χ0v) is 23.0. The van der Waals surface area contributed by atoms with Crippen LogP contribution in [0.25, 0.3) is 0 Å². The van der Waals surface area contributed by atoms with Gasteiger partial charge in [0.1, 0.15) is 22.0 Å². The molecule has 40 heavy (non-hydrogen) atoms. The number of halogens is 1. The first-order chi connectivity index (χ1) is 18.9. The molecule has 4 saturated carbocycles. The number of nitrogens with one attached hydrogen (secondary N) is 2. The molecule has 0 aromatic heterocycles. The molecular weight excluding hydrogens is 559 g/mol. The fourth-order valence-electron chi connectivity index (χ4n) is 7.50. The maximum absolute atomic E-state index is 14.1. The lowest BCUT2D eigenvalue weighted by molar-refractivity contribution is -0.140. The molecule has 6 aliphatic rings. The number of aliphatic hydroxyl groups is 1. The third kappa shape index (κ3) is 4.00. The monoisotopic (exact) mass is 586 g/mol. The number of anilines is 2. The summed E-state index contributed by atoms with van der Waals surface area (Å²) in [6.07, 6.45) is 3.91. The largest absolute Gasteiger partial charge is 0.511 e. The highest BCUT2D eigenvalue weighted by molar-refractivity contribution is 7.92. The van der Waals surface area contributed by atoms with E-state index in [0.29, 0.717) is 11.8 Å². The van der Waals surface area contributed by atoms with Crippen molar-refractivity contribution in [2.75, 3.05) is 16.3 Å². The third-order valence-electron chi connectivity index (χ3n) is 9.03. The molecule has 4 aliphatic carbocycles. The molecule has 10 nitrogen and oxygen atoms in total. The molecule has 4 fully saturated rings. The van der Waals surface area contributed by atoms with E-state index in [1.54, 1.807) is 17.0 Å². The highest BCUT2D eigenvalue weighted by Gasteiger charge is 2.65. The Hall–Kier alpha value is -3.45. The molecule has 0 spiro atoms. The molecule has 0 radical (unpaired) electrons. The van der Waals surface area contributed by atoms with Crippen molar-refractivity contribution in [2.24, 2.45) is 34.0 Å². The number of carbonyl (C=O) groups excluding carboxylic acids is 1. The Morgan fingerprint density at radius 2 is 1.80 bits per heavy atom. The lowest BCUT2D eigenvalue weighted by Gasteiger charge is -2.54. The van der Waals surface area contributed by atoms with Gasteiger partial charge in [0.2, 0.25) is 10.0 Å². The minimum atomic E-state index is -4.36. The second kappa shape index (κ2) is 8.53. The van der Waals surface area contributed by atoms with Crippen molar-refractivity contribution in [3.63, 3.8) is 0 Å². The summed E-state index contributed by atoms with van der Waals surface area (Å²) in [5, 5.41) is 14.6. The second-order valence-corrected chi connectivity index (χ2v) is 14.8. The van der Waals surface area contributed by atoms with Crippen LogP contribution in [-0.2, 0) is 31.4 Å². The molecule has 1 amide bonds. The third-order valence-corrected chi connectivity index (χ3v) is 11.0. The normalized spacial score (nSPS) is 31.5. The van der Waals surface area contributed by atoms with Gasteiger partial charge in [-0.1, -0.05) is 12.1 Å². The molecule has 6 atom stereocenters. The van der Waals surface area contributed by atoms with E-state index in [1.165, 1.54) is 24.3 Å². The van der Waals surface area contributed by atoms with E-state index in [1.807, 2.05) is 0 Å². The number of sulfonamides is 2. The van der Waals surface area contributed by atoms with E-state index in [2.05, 4.69) is 14.4 Å². The highest BCUT2D eigenvalue weighted by atomic mass is 32.2. The SMILES string of the molecule is CS(=O)(=O)Nc1ccc2c(c1)S(=O)(=O)N=C(C1=C(O)[C@@H]3[C@H]4CC[C@H]([C@@H]5C[C@@H]54)[C@@H]3N(Cc3ccc(F)cc3)C1=O)N2. The molecule has 13 heteroatoms. The van der Waals surface area contributed by atoms with Gasteiger partial charge in [-0.25, -0.2) is 12.8 Å². The van der Waals surface area contributed by atoms with Gasteiger partial charge in [-0.2, -0.15) is 8.42 Å². The van der Waals surface area contributed by atoms with Gasteiger partial charge >= 0.3 is 0 Å². The number of benzene rings is 2. The van der Waals surface area contributed by atoms with E-state index < -0.39 is 26.0 Å². The minimum Gasteiger partial charge on any atom is -0.511 e. The number of nitrogens with zero attached hydrogens (tertiary/aromatic N) is 2. The molecule has 210 valence electrons. The summed E-state index contributed by atoms with van der Waals surface area (Å²) in [6, 6.07) is 9.61. The maximum Gasteiger partial charge on any atom is 0.286 e. The van der Waals surface area contributed by atoms with Gasteiger partial charge in [-0.3, -0.25) is 9.52 Å². The summed E-state index contributed by atoms with van der Waals surface area (Å²) < 4.78 is 69.5. The van der Waals surface area contributed by atoms with Crippen molar-refractivity contribution in [3.05, 3.63) is 65.2 Å². The standard InChI is InChI=1S/C27H27FN4O6S2/c1-39(35,36)30-15-6-9-20-21(10-15)40(37,38)31-26(29-20)23-25(33)22-16-7-8-17(19-11-18(16)19)24(22)32(27(23)34)12-13-2-4-14(28)5-3-13/h2-6,9-10,16-19,22,24,30,33H,7-8,11-12H2,1H3,(H,29,31)/t16-,17+,18+,19-,22+,24-/m0/s1. The summed E-state index contributed by atoms with van der Waals surface area (Å²) in [5.41, 5.74) is 0.703. The molecule has 2 aliphatic heterocycles. The van der Waals surface area contributed by atoms with Crippen LogP contribution in [0.5, 0.6) is 0 Å². The predicted molar refractivity (Wildman–Crippen MR) is 145 cm³/mol. The lowest BCUT2D eigenvalue weighted by atomic mass is 9.59. The molecule has 0 unspecified atom stereocenters. The summed E-state index contributed by atoms with van der Waals surface area (Å²) in [6.45, 7) is 0.189. The fraction of sp³-hybridized carbons (Fsp3) is 0.407. The number of carbonyl (C=O) groups is 1. The first kappa shape index (κ1) is 25.5. The van der Waals surface area contributed by atoms with E-state index >= 15 is 0 Å². The van der Waals surface area contributed by atoms with Crippen molar-refractivity contribution in [1.82, 2.24) is 4.90 Å². The predicted octanol–water partition coefficient (Wildman–Crippen LogP) is 3.23. The number of amides is 1. The van der Waals surface area contributed by atoms with Crippen LogP contribution in [0, 0.1) is 35.4 Å². The summed E-state index contributed by atoms with van der Waals surface area (Å²) >= 11 is 0. The zero-order chi connectivity index (χ0) is 28.1. The van der Waals surface area contributed by atoms with Crippen molar-refractivity contribution >= 4 is 43.2 Å². The molecule has 2 aromatic rings. The minimum absolute atomic E-state index is 0.0478. The van der Waals surface area contributed by atoms with Crippen LogP contribution < -0.4 is 10.0 Å². The molecule has 3 N–H and O–H groups in total. The van der Waals surface area contributed by atoms with Crippen LogP contribution in [0.1, 0.15) is 24.8 Å². The first-order valence-electron chi connectivity index (χ1n) is 13.1. The average Bonchev–Trinajstić information content (AvgIpc) is 3.70. The summed E-state index contributed by atoms with van der Waals surface area (Å²) in [7, 11) is -8.00. The van der Waals surface area contributed by atoms with E-state index in [-0.39, 0.29) is 69.6 Å². The van der Waals surface area contributed by atoms with E-state index in [0.717, 1.165) is 37.1 Å². The van der Waals surface area contributed by atoms with Crippen LogP contribution in [0.15, 0.2) is 63.1 Å². The number of hydrogen-bond acceptors (Lipinski definition) is 7. The fourth-order valence-corrected chi connectivity index (χ4v) is 9.20. The zero-order valence-electron chi connectivity index (χ0n) is 21.4. The number of rotatable bonds is 5. The van der Waals surface area contributed by atoms with Crippen LogP contribution >= 0.6 is 0 Å². The lowest BCUT2D eigenvalue weighted by Crippen LogP contribution is -2.60. The molecule has 8 rings (SSSR count). The topological polar surface area (TPSA) is 145 Å². The molecule has 2 aromatic carbocycles. The Morgan fingerprint density at radius 3 is 2.52 bits per heavy atom. The Labute approximate surface area is 231 Å². The molecule has 0 saturated heterocycles. The summed E-state index contributed by atoms with van der Waals surface area (Å²) in [5.74, 6) is -0.252. The van der Waals surface area contributed by atoms with Gasteiger partial charge in [0.05, 0.1) is 11.9 Å². The number of amidine groups is 1. The van der Waals surface area contributed by atoms with E-state index in [4.69, 9.17) is 0 Å². The maximum atomic E-state index is 14.1. The van der Waals surface area contributed by atoms with Crippen molar-refractivity contribution in [2.45, 2.75) is 36.7 Å². The quantitative estimate of drug-likeness (QED) is 0.488. The smallest absolute Gasteiger partial charge is 0.286 e.